The van der Waals surface area contributed by atoms with E-state index < -0.39 is 5.54 Å². The van der Waals surface area contributed by atoms with Crippen molar-refractivity contribution in [3.05, 3.63) is 24.4 Å². The van der Waals surface area contributed by atoms with E-state index in [1.807, 2.05) is 26.0 Å². The van der Waals surface area contributed by atoms with Crippen molar-refractivity contribution in [1.82, 2.24) is 4.98 Å². The summed E-state index contributed by atoms with van der Waals surface area (Å²) < 4.78 is 5.69. The Balaban J connectivity index is 1.83. The lowest BCUT2D eigenvalue weighted by atomic mass is 9.48. The number of rotatable bonds is 2. The molecule has 1 aromatic heterocycles. The van der Waals surface area contributed by atoms with Crippen LogP contribution in [0.2, 0.25) is 0 Å². The minimum Gasteiger partial charge on any atom is -0.377 e. The molecule has 3 unspecified atom stereocenters. The van der Waals surface area contributed by atoms with Crippen LogP contribution < -0.4 is 11.1 Å². The first-order valence-electron chi connectivity index (χ1n) is 6.61. The van der Waals surface area contributed by atoms with Crippen molar-refractivity contribution in [2.24, 2.45) is 17.1 Å². The number of nitrogens with two attached hydrogens (primary N) is 1. The number of ether oxygens (including phenoxy) is 1. The summed E-state index contributed by atoms with van der Waals surface area (Å²) in [6, 6.07) is 5.40. The largest absolute Gasteiger partial charge is 0.377 e. The van der Waals surface area contributed by atoms with Gasteiger partial charge < -0.3 is 15.8 Å². The van der Waals surface area contributed by atoms with E-state index in [0.717, 1.165) is 6.42 Å². The molecule has 102 valence electrons. The number of nitrogens with one attached hydrogen (secondary N) is 1. The standard InChI is InChI=1S/C14H19N3O2/c1-13(2)11-9(6-8-19-11)14(13,15)12(18)17-10-5-3-4-7-16-10/h3-5,7,9,11H,6,8,15H2,1-2H3,(H,16,17,18). The number of aromatic nitrogens is 1. The van der Waals surface area contributed by atoms with Crippen LogP contribution >= 0.6 is 0 Å². The predicted molar refractivity (Wildman–Crippen MR) is 71.4 cm³/mol. The van der Waals surface area contributed by atoms with Gasteiger partial charge in [-0.05, 0) is 18.6 Å². The molecule has 1 saturated carbocycles. The second kappa shape index (κ2) is 4.02. The lowest BCUT2D eigenvalue weighted by Gasteiger charge is -2.60. The fourth-order valence-electron chi connectivity index (χ4n) is 3.50. The van der Waals surface area contributed by atoms with Gasteiger partial charge in [-0.1, -0.05) is 19.9 Å². The van der Waals surface area contributed by atoms with Crippen LogP contribution in [0.3, 0.4) is 0 Å². The molecule has 3 N–H and O–H groups in total. The van der Waals surface area contributed by atoms with Gasteiger partial charge in [0.05, 0.1) is 6.10 Å². The molecule has 0 spiro atoms. The van der Waals surface area contributed by atoms with Gasteiger partial charge >= 0.3 is 0 Å². The summed E-state index contributed by atoms with van der Waals surface area (Å²) >= 11 is 0. The van der Waals surface area contributed by atoms with Gasteiger partial charge in [-0.15, -0.1) is 0 Å². The van der Waals surface area contributed by atoms with Crippen LogP contribution in [-0.2, 0) is 9.53 Å². The highest BCUT2D eigenvalue weighted by Gasteiger charge is 2.71. The van der Waals surface area contributed by atoms with E-state index in [2.05, 4.69) is 10.3 Å². The number of nitrogens with zero attached hydrogens (tertiary/aromatic N) is 1. The van der Waals surface area contributed by atoms with E-state index >= 15 is 0 Å². The second-order valence-corrected chi connectivity index (χ2v) is 5.95. The maximum absolute atomic E-state index is 12.5. The molecule has 0 bridgehead atoms. The average molecular weight is 261 g/mol. The first-order chi connectivity index (χ1) is 8.98. The van der Waals surface area contributed by atoms with Crippen molar-refractivity contribution in [3.8, 4) is 0 Å². The average Bonchev–Trinajstić information content (AvgIpc) is 2.87. The molecular weight excluding hydrogens is 242 g/mol. The normalized spacial score (nSPS) is 35.3. The lowest BCUT2D eigenvalue weighted by molar-refractivity contribution is -0.170. The van der Waals surface area contributed by atoms with E-state index in [-0.39, 0.29) is 23.3 Å². The van der Waals surface area contributed by atoms with Crippen LogP contribution in [0.5, 0.6) is 0 Å². The number of carbonyl (C=O) groups excluding carboxylic acids is 1. The van der Waals surface area contributed by atoms with Crippen LogP contribution in [0.1, 0.15) is 20.3 Å². The third kappa shape index (κ3) is 1.55. The Kier molecular flexibility index (Phi) is 2.66. The zero-order chi connectivity index (χ0) is 13.7. The maximum Gasteiger partial charge on any atom is 0.246 e. The van der Waals surface area contributed by atoms with Crippen LogP contribution in [0.4, 0.5) is 5.82 Å². The van der Waals surface area contributed by atoms with E-state index in [1.54, 1.807) is 12.3 Å². The molecule has 1 saturated heterocycles. The summed E-state index contributed by atoms with van der Waals surface area (Å²) in [5.74, 6) is 0.477. The number of fused-ring (bicyclic) bond motifs is 1. The Morgan fingerprint density at radius 2 is 2.32 bits per heavy atom. The highest BCUT2D eigenvalue weighted by Crippen LogP contribution is 2.58. The van der Waals surface area contributed by atoms with Crippen molar-refractivity contribution in [3.63, 3.8) is 0 Å². The summed E-state index contributed by atoms with van der Waals surface area (Å²) in [5.41, 5.74) is 5.20. The summed E-state index contributed by atoms with van der Waals surface area (Å²) in [4.78, 5) is 16.6. The highest BCUT2D eigenvalue weighted by atomic mass is 16.5. The fourth-order valence-corrected chi connectivity index (χ4v) is 3.50. The number of hydrogen-bond acceptors (Lipinski definition) is 4. The van der Waals surface area contributed by atoms with Gasteiger partial charge in [0.2, 0.25) is 5.91 Å². The van der Waals surface area contributed by atoms with Crippen LogP contribution in [0.15, 0.2) is 24.4 Å². The number of pyridine rings is 1. The van der Waals surface area contributed by atoms with Crippen LogP contribution in [-0.4, -0.2) is 29.1 Å². The Labute approximate surface area is 112 Å². The number of hydrogen-bond donors (Lipinski definition) is 2. The Morgan fingerprint density at radius 1 is 1.53 bits per heavy atom. The molecule has 5 heteroatoms. The first kappa shape index (κ1) is 12.6. The number of carbonyl (C=O) groups is 1. The molecule has 2 fully saturated rings. The fraction of sp³-hybridized carbons (Fsp3) is 0.571. The summed E-state index contributed by atoms with van der Waals surface area (Å²) in [6.45, 7) is 4.68. The molecule has 3 rings (SSSR count). The monoisotopic (exact) mass is 261 g/mol. The van der Waals surface area contributed by atoms with Crippen molar-refractivity contribution in [2.45, 2.75) is 31.9 Å². The minimum absolute atomic E-state index is 0.0898. The summed E-state index contributed by atoms with van der Waals surface area (Å²) in [6.07, 6.45) is 2.58. The molecule has 19 heavy (non-hydrogen) atoms. The minimum atomic E-state index is -0.883. The second-order valence-electron chi connectivity index (χ2n) is 5.95. The van der Waals surface area contributed by atoms with Crippen molar-refractivity contribution in [1.29, 1.82) is 0 Å². The van der Waals surface area contributed by atoms with Gasteiger partial charge in [-0.2, -0.15) is 0 Å². The van der Waals surface area contributed by atoms with Crippen LogP contribution in [0, 0.1) is 11.3 Å². The molecule has 2 aliphatic rings. The third-order valence-electron chi connectivity index (χ3n) is 4.74. The molecule has 2 heterocycles. The zero-order valence-electron chi connectivity index (χ0n) is 11.2. The molecule has 0 radical (unpaired) electrons. The van der Waals surface area contributed by atoms with Gasteiger partial charge in [-0.25, -0.2) is 4.98 Å². The van der Waals surface area contributed by atoms with Gasteiger partial charge in [0, 0.05) is 24.1 Å². The lowest BCUT2D eigenvalue weighted by Crippen LogP contribution is -2.79. The number of amides is 1. The third-order valence-corrected chi connectivity index (χ3v) is 4.74. The van der Waals surface area contributed by atoms with Crippen molar-refractivity contribution in [2.75, 3.05) is 11.9 Å². The van der Waals surface area contributed by atoms with E-state index in [0.29, 0.717) is 12.4 Å². The van der Waals surface area contributed by atoms with Gasteiger partial charge in [-0.3, -0.25) is 4.79 Å². The van der Waals surface area contributed by atoms with Crippen molar-refractivity contribution >= 4 is 11.7 Å². The Bertz CT molecular complexity index is 503. The molecule has 5 nitrogen and oxygen atoms in total. The molecule has 1 aliphatic heterocycles. The molecule has 3 atom stereocenters. The van der Waals surface area contributed by atoms with Gasteiger partial charge in [0.15, 0.2) is 0 Å². The molecule has 1 aromatic rings. The van der Waals surface area contributed by atoms with Crippen LogP contribution in [0.25, 0.3) is 0 Å². The van der Waals surface area contributed by atoms with E-state index in [4.69, 9.17) is 10.5 Å². The smallest absolute Gasteiger partial charge is 0.246 e. The molecule has 0 aromatic carbocycles. The predicted octanol–water partition coefficient (Wildman–Crippen LogP) is 1.16. The van der Waals surface area contributed by atoms with E-state index in [9.17, 15) is 4.79 Å². The zero-order valence-corrected chi connectivity index (χ0v) is 11.2. The Morgan fingerprint density at radius 3 is 3.00 bits per heavy atom. The molecule has 1 amide bonds. The van der Waals surface area contributed by atoms with E-state index in [1.165, 1.54) is 0 Å². The van der Waals surface area contributed by atoms with Crippen molar-refractivity contribution < 1.29 is 9.53 Å². The first-order valence-corrected chi connectivity index (χ1v) is 6.61. The van der Waals surface area contributed by atoms with Gasteiger partial charge in [0.25, 0.3) is 0 Å². The topological polar surface area (TPSA) is 77.2 Å². The SMILES string of the molecule is CC1(C)C2OCCC2C1(N)C(=O)Nc1ccccn1. The van der Waals surface area contributed by atoms with Gasteiger partial charge in [0.1, 0.15) is 11.4 Å². The number of anilines is 1. The Hall–Kier alpha value is -1.46. The highest BCUT2D eigenvalue weighted by molar-refractivity contribution is 5.99. The maximum atomic E-state index is 12.5. The quantitative estimate of drug-likeness (QED) is 0.837. The summed E-state index contributed by atoms with van der Waals surface area (Å²) in [7, 11) is 0. The summed E-state index contributed by atoms with van der Waals surface area (Å²) in [5, 5.41) is 2.82. The molecular formula is C14H19N3O2. The molecule has 1 aliphatic carbocycles.